The number of benzene rings is 1. The second kappa shape index (κ2) is 9.53. The van der Waals surface area contributed by atoms with Crippen molar-refractivity contribution in [2.24, 2.45) is 0 Å². The number of aliphatic hydroxyl groups excluding tert-OH is 1. The summed E-state index contributed by atoms with van der Waals surface area (Å²) in [5.74, 6) is -0.900. The summed E-state index contributed by atoms with van der Waals surface area (Å²) < 4.78 is 10.6. The Morgan fingerprint density at radius 2 is 1.91 bits per heavy atom. The maximum absolute atomic E-state index is 13.1. The molecule has 1 atom stereocenters. The van der Waals surface area contributed by atoms with Crippen LogP contribution in [0.5, 0.6) is 5.75 Å². The molecule has 1 aromatic carbocycles. The van der Waals surface area contributed by atoms with Crippen LogP contribution < -0.4 is 4.74 Å². The van der Waals surface area contributed by atoms with Gasteiger partial charge in [-0.05, 0) is 42.2 Å². The van der Waals surface area contributed by atoms with Crippen molar-refractivity contribution in [2.45, 2.75) is 38.6 Å². The number of ether oxygens (including phenoxy) is 2. The quantitative estimate of drug-likeness (QED) is 0.306. The lowest BCUT2D eigenvalue weighted by molar-refractivity contribution is -0.140. The molecule has 170 valence electrons. The summed E-state index contributed by atoms with van der Waals surface area (Å²) in [5.41, 5.74) is 1.64. The van der Waals surface area contributed by atoms with Crippen LogP contribution in [0.1, 0.15) is 50.1 Å². The molecular weight excluding hydrogens is 408 g/mol. The van der Waals surface area contributed by atoms with Gasteiger partial charge in [0.2, 0.25) is 0 Å². The molecule has 7 heteroatoms. The van der Waals surface area contributed by atoms with Gasteiger partial charge in [-0.15, -0.1) is 0 Å². The third-order valence-corrected chi connectivity index (χ3v) is 5.54. The van der Waals surface area contributed by atoms with Gasteiger partial charge >= 0.3 is 0 Å². The monoisotopic (exact) mass is 438 g/mol. The van der Waals surface area contributed by atoms with E-state index in [0.717, 1.165) is 5.56 Å². The van der Waals surface area contributed by atoms with E-state index in [0.29, 0.717) is 36.6 Å². The highest BCUT2D eigenvalue weighted by atomic mass is 16.5. The first kappa shape index (κ1) is 23.5. The normalized spacial score (nSPS) is 18.3. The zero-order valence-corrected chi connectivity index (χ0v) is 19.2. The minimum Gasteiger partial charge on any atom is -0.507 e. The van der Waals surface area contributed by atoms with Gasteiger partial charge in [0.25, 0.3) is 11.7 Å². The molecule has 0 radical (unpaired) electrons. The number of aliphatic hydroxyl groups is 1. The van der Waals surface area contributed by atoms with Gasteiger partial charge in [-0.3, -0.25) is 14.6 Å². The first-order valence-corrected chi connectivity index (χ1v) is 10.6. The summed E-state index contributed by atoms with van der Waals surface area (Å²) in [6.07, 6.45) is 2.17. The lowest BCUT2D eigenvalue weighted by Crippen LogP contribution is -2.31. The van der Waals surface area contributed by atoms with E-state index in [9.17, 15) is 14.7 Å². The van der Waals surface area contributed by atoms with Gasteiger partial charge in [0.15, 0.2) is 0 Å². The highest BCUT2D eigenvalue weighted by Crippen LogP contribution is 2.40. The number of carbonyl (C=O) groups excluding carboxylic acids is 2. The van der Waals surface area contributed by atoms with Crippen LogP contribution in [0.4, 0.5) is 0 Å². The number of rotatable bonds is 7. The van der Waals surface area contributed by atoms with Crippen LogP contribution in [-0.4, -0.2) is 54.1 Å². The number of aromatic nitrogens is 1. The molecule has 1 aliphatic rings. The van der Waals surface area contributed by atoms with Crippen LogP contribution in [-0.2, 0) is 19.7 Å². The zero-order valence-electron chi connectivity index (χ0n) is 19.2. The minimum absolute atomic E-state index is 0.0381. The van der Waals surface area contributed by atoms with E-state index in [2.05, 4.69) is 4.98 Å². The molecule has 0 aliphatic carbocycles. The summed E-state index contributed by atoms with van der Waals surface area (Å²) >= 11 is 0. The van der Waals surface area contributed by atoms with Gasteiger partial charge in [0.05, 0.1) is 18.4 Å². The number of hydrogen-bond donors (Lipinski definition) is 1. The Labute approximate surface area is 188 Å². The van der Waals surface area contributed by atoms with E-state index in [1.807, 2.05) is 26.8 Å². The van der Waals surface area contributed by atoms with Crippen LogP contribution in [0.2, 0.25) is 0 Å². The Bertz CT molecular complexity index is 1020. The summed E-state index contributed by atoms with van der Waals surface area (Å²) in [6, 6.07) is 9.80. The van der Waals surface area contributed by atoms with Crippen molar-refractivity contribution in [1.29, 1.82) is 0 Å². The van der Waals surface area contributed by atoms with Gasteiger partial charge in [-0.2, -0.15) is 0 Å². The molecule has 1 N–H and O–H groups in total. The highest BCUT2D eigenvalue weighted by Gasteiger charge is 2.46. The third kappa shape index (κ3) is 4.53. The summed E-state index contributed by atoms with van der Waals surface area (Å²) in [6.45, 7) is 6.88. The molecule has 32 heavy (non-hydrogen) atoms. The van der Waals surface area contributed by atoms with E-state index in [1.54, 1.807) is 50.7 Å². The van der Waals surface area contributed by atoms with Crippen molar-refractivity contribution in [3.8, 4) is 5.75 Å². The average Bonchev–Trinajstić information content (AvgIpc) is 3.03. The fraction of sp³-hybridized carbons (Fsp3) is 0.400. The second-order valence-electron chi connectivity index (χ2n) is 8.76. The lowest BCUT2D eigenvalue weighted by Gasteiger charge is -2.25. The Kier molecular flexibility index (Phi) is 6.99. The number of carbonyl (C=O) groups is 2. The Morgan fingerprint density at radius 3 is 2.50 bits per heavy atom. The van der Waals surface area contributed by atoms with Crippen molar-refractivity contribution in [1.82, 2.24) is 9.88 Å². The van der Waals surface area contributed by atoms with Crippen LogP contribution in [0.15, 0.2) is 48.2 Å². The predicted octanol–water partition coefficient (Wildman–Crippen LogP) is 3.85. The molecule has 1 unspecified atom stereocenters. The molecule has 1 aromatic heterocycles. The van der Waals surface area contributed by atoms with Crippen LogP contribution in [0, 0.1) is 0 Å². The van der Waals surface area contributed by atoms with Gasteiger partial charge in [0, 0.05) is 37.6 Å². The van der Waals surface area contributed by atoms with Crippen LogP contribution in [0.25, 0.3) is 5.76 Å². The number of pyridine rings is 1. The number of methoxy groups -OCH3 is 2. The smallest absolute Gasteiger partial charge is 0.295 e. The van der Waals surface area contributed by atoms with Gasteiger partial charge in [-0.1, -0.05) is 26.8 Å². The number of amides is 1. The molecule has 2 aromatic rings. The molecule has 7 nitrogen and oxygen atoms in total. The molecule has 3 rings (SSSR count). The lowest BCUT2D eigenvalue weighted by atomic mass is 9.84. The molecule has 0 saturated carbocycles. The maximum atomic E-state index is 13.1. The molecule has 0 spiro atoms. The zero-order chi connectivity index (χ0) is 23.5. The first-order chi connectivity index (χ1) is 15.2. The minimum atomic E-state index is -0.770. The molecule has 0 bridgehead atoms. The summed E-state index contributed by atoms with van der Waals surface area (Å²) in [4.78, 5) is 31.8. The predicted molar refractivity (Wildman–Crippen MR) is 121 cm³/mol. The fourth-order valence-corrected chi connectivity index (χ4v) is 3.93. The van der Waals surface area contributed by atoms with Crippen LogP contribution in [0.3, 0.4) is 0 Å². The maximum Gasteiger partial charge on any atom is 0.295 e. The number of ketones is 1. The van der Waals surface area contributed by atoms with Crippen molar-refractivity contribution >= 4 is 17.4 Å². The number of likely N-dealkylation sites (tertiary alicyclic amines) is 1. The number of nitrogens with zero attached hydrogens (tertiary/aromatic N) is 2. The number of hydrogen-bond acceptors (Lipinski definition) is 6. The van der Waals surface area contributed by atoms with Crippen molar-refractivity contribution < 1.29 is 24.2 Å². The molecule has 1 fully saturated rings. The fourth-order valence-electron chi connectivity index (χ4n) is 3.93. The molecule has 1 saturated heterocycles. The second-order valence-corrected chi connectivity index (χ2v) is 8.76. The molecular formula is C25H30N2O5. The van der Waals surface area contributed by atoms with E-state index in [4.69, 9.17) is 9.47 Å². The summed E-state index contributed by atoms with van der Waals surface area (Å²) in [5, 5.41) is 11.3. The molecule has 1 amide bonds. The standard InChI is InChI=1S/C25H30N2O5/c1-25(2,3)17-15-16(10-11-19(17)32-5)22(28)20-21(18-9-6-7-12-26-18)27(13-8-14-31-4)24(30)23(20)29/h6-7,9-12,15,21,28H,8,13-14H2,1-5H3/b22-20-. The Morgan fingerprint density at radius 1 is 1.16 bits per heavy atom. The van der Waals surface area contributed by atoms with Gasteiger partial charge in [0.1, 0.15) is 17.6 Å². The van der Waals surface area contributed by atoms with Crippen molar-refractivity contribution in [3.63, 3.8) is 0 Å². The Balaban J connectivity index is 2.16. The topological polar surface area (TPSA) is 89.0 Å². The van der Waals surface area contributed by atoms with Crippen molar-refractivity contribution in [3.05, 3.63) is 65.0 Å². The Hall–Kier alpha value is -3.19. The van der Waals surface area contributed by atoms with Gasteiger partial charge < -0.3 is 19.5 Å². The third-order valence-electron chi connectivity index (χ3n) is 5.54. The van der Waals surface area contributed by atoms with E-state index >= 15 is 0 Å². The van der Waals surface area contributed by atoms with Crippen LogP contribution >= 0.6 is 0 Å². The average molecular weight is 439 g/mol. The largest absolute Gasteiger partial charge is 0.507 e. The number of Topliss-reactive ketones (excluding diaryl/α,β-unsaturated/α-hetero) is 1. The van der Waals surface area contributed by atoms with E-state index in [1.165, 1.54) is 4.90 Å². The SMILES string of the molecule is COCCCN1C(=O)C(=O)/C(=C(\O)c2ccc(OC)c(C(C)(C)C)c2)C1c1ccccn1. The van der Waals surface area contributed by atoms with Crippen molar-refractivity contribution in [2.75, 3.05) is 27.4 Å². The van der Waals surface area contributed by atoms with E-state index in [-0.39, 0.29) is 16.7 Å². The summed E-state index contributed by atoms with van der Waals surface area (Å²) in [7, 11) is 3.18. The van der Waals surface area contributed by atoms with E-state index < -0.39 is 17.7 Å². The van der Waals surface area contributed by atoms with Gasteiger partial charge in [-0.25, -0.2) is 0 Å². The molecule has 2 heterocycles. The highest BCUT2D eigenvalue weighted by molar-refractivity contribution is 6.46. The first-order valence-electron chi connectivity index (χ1n) is 10.6. The molecule has 1 aliphatic heterocycles.